The lowest BCUT2D eigenvalue weighted by Crippen LogP contribution is -2.40. The number of likely N-dealkylation sites (tertiary alicyclic amines) is 1. The minimum atomic E-state index is -0.180. The first kappa shape index (κ1) is 19.1. The van der Waals surface area contributed by atoms with Gasteiger partial charge in [-0.05, 0) is 56.5 Å². The summed E-state index contributed by atoms with van der Waals surface area (Å²) in [5.41, 5.74) is 2.77. The first-order chi connectivity index (χ1) is 13.1. The fourth-order valence-corrected chi connectivity index (χ4v) is 3.32. The van der Waals surface area contributed by atoms with Gasteiger partial charge in [0.05, 0.1) is 6.10 Å². The fourth-order valence-electron chi connectivity index (χ4n) is 3.32. The SMILES string of the molecule is CCOC1CCN(C(=O)c2ccc(C)c(NC(=O)c3ccccc3)c2)CC1. The largest absolute Gasteiger partial charge is 0.378 e. The van der Waals surface area contributed by atoms with E-state index in [4.69, 9.17) is 4.74 Å². The average molecular weight is 366 g/mol. The molecule has 0 radical (unpaired) electrons. The number of carbonyl (C=O) groups excluding carboxylic acids is 2. The summed E-state index contributed by atoms with van der Waals surface area (Å²) >= 11 is 0. The molecule has 0 aliphatic carbocycles. The lowest BCUT2D eigenvalue weighted by Gasteiger charge is -2.32. The van der Waals surface area contributed by atoms with E-state index < -0.39 is 0 Å². The molecular weight excluding hydrogens is 340 g/mol. The first-order valence-electron chi connectivity index (χ1n) is 9.46. The van der Waals surface area contributed by atoms with E-state index in [9.17, 15) is 9.59 Å². The van der Waals surface area contributed by atoms with Crippen molar-refractivity contribution in [2.75, 3.05) is 25.0 Å². The lowest BCUT2D eigenvalue weighted by atomic mass is 10.0. The van der Waals surface area contributed by atoms with Crippen LogP contribution in [0.3, 0.4) is 0 Å². The second kappa shape index (κ2) is 8.82. The summed E-state index contributed by atoms with van der Waals surface area (Å²) in [4.78, 5) is 27.1. The highest BCUT2D eigenvalue weighted by Gasteiger charge is 2.24. The van der Waals surface area contributed by atoms with Crippen molar-refractivity contribution in [3.05, 3.63) is 65.2 Å². The summed E-state index contributed by atoms with van der Waals surface area (Å²) in [5, 5.41) is 2.92. The van der Waals surface area contributed by atoms with Crippen LogP contribution in [0.25, 0.3) is 0 Å². The number of aryl methyl sites for hydroxylation is 1. The molecular formula is C22H26N2O3. The molecule has 1 fully saturated rings. The predicted octanol–water partition coefficient (Wildman–Crippen LogP) is 3.89. The third-order valence-electron chi connectivity index (χ3n) is 4.90. The zero-order valence-corrected chi connectivity index (χ0v) is 15.9. The molecule has 1 heterocycles. The number of anilines is 1. The summed E-state index contributed by atoms with van der Waals surface area (Å²) in [6.07, 6.45) is 1.98. The molecule has 0 aromatic heterocycles. The van der Waals surface area contributed by atoms with E-state index in [1.165, 1.54) is 0 Å². The van der Waals surface area contributed by atoms with Crippen molar-refractivity contribution >= 4 is 17.5 Å². The molecule has 0 spiro atoms. The molecule has 2 amide bonds. The number of nitrogens with zero attached hydrogens (tertiary/aromatic N) is 1. The standard InChI is InChI=1S/C22H26N2O3/c1-3-27-19-11-13-24(14-12-19)22(26)18-10-9-16(2)20(15-18)23-21(25)17-7-5-4-6-8-17/h4-10,15,19H,3,11-14H2,1-2H3,(H,23,25). The molecule has 2 aromatic carbocycles. The van der Waals surface area contributed by atoms with Gasteiger partial charge in [-0.1, -0.05) is 24.3 Å². The van der Waals surface area contributed by atoms with Crippen molar-refractivity contribution in [1.29, 1.82) is 0 Å². The van der Waals surface area contributed by atoms with Gasteiger partial charge in [0.15, 0.2) is 0 Å². The summed E-state index contributed by atoms with van der Waals surface area (Å²) in [7, 11) is 0. The highest BCUT2D eigenvalue weighted by molar-refractivity contribution is 6.05. The molecule has 3 rings (SSSR count). The van der Waals surface area contributed by atoms with Crippen molar-refractivity contribution in [3.63, 3.8) is 0 Å². The van der Waals surface area contributed by atoms with E-state index in [2.05, 4.69) is 5.32 Å². The van der Waals surface area contributed by atoms with Gasteiger partial charge in [0.25, 0.3) is 11.8 Å². The lowest BCUT2D eigenvalue weighted by molar-refractivity contribution is 0.0146. The predicted molar refractivity (Wildman–Crippen MR) is 106 cm³/mol. The smallest absolute Gasteiger partial charge is 0.255 e. The Kier molecular flexibility index (Phi) is 6.24. The van der Waals surface area contributed by atoms with Gasteiger partial charge in [0.2, 0.25) is 0 Å². The number of piperidine rings is 1. The van der Waals surface area contributed by atoms with Gasteiger partial charge in [-0.25, -0.2) is 0 Å². The fraction of sp³-hybridized carbons (Fsp3) is 0.364. The highest BCUT2D eigenvalue weighted by atomic mass is 16.5. The van der Waals surface area contributed by atoms with Crippen LogP contribution in [-0.4, -0.2) is 42.5 Å². The second-order valence-electron chi connectivity index (χ2n) is 6.80. The van der Waals surface area contributed by atoms with Gasteiger partial charge < -0.3 is 15.0 Å². The molecule has 1 aliphatic rings. The zero-order valence-electron chi connectivity index (χ0n) is 15.9. The van der Waals surface area contributed by atoms with Crippen molar-refractivity contribution in [3.8, 4) is 0 Å². The van der Waals surface area contributed by atoms with Crippen LogP contribution >= 0.6 is 0 Å². The third-order valence-corrected chi connectivity index (χ3v) is 4.90. The highest BCUT2D eigenvalue weighted by Crippen LogP contribution is 2.21. The van der Waals surface area contributed by atoms with E-state index in [1.807, 2.05) is 49.1 Å². The van der Waals surface area contributed by atoms with Gasteiger partial charge in [-0.3, -0.25) is 9.59 Å². The molecule has 5 nitrogen and oxygen atoms in total. The van der Waals surface area contributed by atoms with E-state index in [-0.39, 0.29) is 17.9 Å². The number of hydrogen-bond acceptors (Lipinski definition) is 3. The van der Waals surface area contributed by atoms with Crippen LogP contribution in [-0.2, 0) is 4.74 Å². The van der Waals surface area contributed by atoms with Crippen molar-refractivity contribution < 1.29 is 14.3 Å². The van der Waals surface area contributed by atoms with Crippen LogP contribution < -0.4 is 5.32 Å². The molecule has 2 aromatic rings. The maximum absolute atomic E-state index is 12.9. The molecule has 5 heteroatoms. The Balaban J connectivity index is 1.69. The second-order valence-corrected chi connectivity index (χ2v) is 6.80. The van der Waals surface area contributed by atoms with Crippen LogP contribution in [0, 0.1) is 6.92 Å². The van der Waals surface area contributed by atoms with E-state index >= 15 is 0 Å². The summed E-state index contributed by atoms with van der Waals surface area (Å²) in [6.45, 7) is 6.02. The van der Waals surface area contributed by atoms with Crippen molar-refractivity contribution in [2.24, 2.45) is 0 Å². The minimum Gasteiger partial charge on any atom is -0.378 e. The molecule has 27 heavy (non-hydrogen) atoms. The van der Waals surface area contributed by atoms with Gasteiger partial charge >= 0.3 is 0 Å². The molecule has 0 saturated carbocycles. The van der Waals surface area contributed by atoms with Crippen molar-refractivity contribution in [1.82, 2.24) is 4.90 Å². The molecule has 142 valence electrons. The number of nitrogens with one attached hydrogen (secondary N) is 1. The topological polar surface area (TPSA) is 58.6 Å². The molecule has 1 saturated heterocycles. The van der Waals surface area contributed by atoms with Crippen LogP contribution in [0.4, 0.5) is 5.69 Å². The van der Waals surface area contributed by atoms with Gasteiger partial charge in [0.1, 0.15) is 0 Å². The minimum absolute atomic E-state index is 0.000147. The summed E-state index contributed by atoms with van der Waals surface area (Å²) in [6, 6.07) is 14.5. The van der Waals surface area contributed by atoms with E-state index in [0.29, 0.717) is 36.5 Å². The van der Waals surface area contributed by atoms with Gasteiger partial charge in [-0.2, -0.15) is 0 Å². The van der Waals surface area contributed by atoms with Crippen molar-refractivity contribution in [2.45, 2.75) is 32.8 Å². The van der Waals surface area contributed by atoms with Gasteiger partial charge in [-0.15, -0.1) is 0 Å². The summed E-state index contributed by atoms with van der Waals surface area (Å²) < 4.78 is 5.65. The molecule has 0 unspecified atom stereocenters. The number of hydrogen-bond donors (Lipinski definition) is 1. The monoisotopic (exact) mass is 366 g/mol. The van der Waals surface area contributed by atoms with Crippen LogP contribution in [0.1, 0.15) is 46.0 Å². The maximum atomic E-state index is 12.9. The van der Waals surface area contributed by atoms with Gasteiger partial charge in [0, 0.05) is 36.5 Å². The Hall–Kier alpha value is -2.66. The van der Waals surface area contributed by atoms with E-state index in [1.54, 1.807) is 18.2 Å². The quantitative estimate of drug-likeness (QED) is 0.873. The summed E-state index contributed by atoms with van der Waals surface area (Å²) in [5.74, 6) is -0.180. The Bertz CT molecular complexity index is 796. The first-order valence-corrected chi connectivity index (χ1v) is 9.46. The maximum Gasteiger partial charge on any atom is 0.255 e. The molecule has 0 atom stereocenters. The molecule has 0 bridgehead atoms. The normalized spacial score (nSPS) is 14.8. The average Bonchev–Trinajstić information content (AvgIpc) is 2.70. The van der Waals surface area contributed by atoms with Crippen LogP contribution in [0.2, 0.25) is 0 Å². The zero-order chi connectivity index (χ0) is 19.2. The number of amides is 2. The third kappa shape index (κ3) is 4.74. The number of ether oxygens (including phenoxy) is 1. The van der Waals surface area contributed by atoms with Crippen LogP contribution in [0.5, 0.6) is 0 Å². The number of benzene rings is 2. The Morgan fingerprint density at radius 3 is 2.44 bits per heavy atom. The van der Waals surface area contributed by atoms with Crippen LogP contribution in [0.15, 0.2) is 48.5 Å². The Morgan fingerprint density at radius 1 is 1.07 bits per heavy atom. The number of carbonyl (C=O) groups is 2. The molecule has 1 N–H and O–H groups in total. The molecule has 1 aliphatic heterocycles. The number of rotatable bonds is 5. The van der Waals surface area contributed by atoms with E-state index in [0.717, 1.165) is 18.4 Å². The Morgan fingerprint density at radius 2 is 1.78 bits per heavy atom. The Labute approximate surface area is 160 Å².